The first-order valence-electron chi connectivity index (χ1n) is 13.3. The van der Waals surface area contributed by atoms with Crippen LogP contribution in [-0.2, 0) is 9.59 Å². The molecule has 0 saturated carbocycles. The van der Waals surface area contributed by atoms with Crippen LogP contribution < -0.4 is 21.7 Å². The third kappa shape index (κ3) is 38.2. The monoisotopic (exact) mass is 470 g/mol. The molecule has 7 nitrogen and oxygen atoms in total. The van der Waals surface area contributed by atoms with E-state index in [1.807, 2.05) is 0 Å². The Morgan fingerprint density at radius 1 is 0.727 bits per heavy atom. The third-order valence-corrected chi connectivity index (χ3v) is 5.09. The molecule has 0 aliphatic heterocycles. The first-order chi connectivity index (χ1) is 16.0. The molecule has 0 bridgehead atoms. The number of unbranched alkanes of at least 4 members (excludes halogenated alkanes) is 11. The number of nitrogens with one attached hydrogen (secondary N) is 3. The normalized spacial score (nSPS) is 10.8. The predicted molar refractivity (Wildman–Crippen MR) is 141 cm³/mol. The summed E-state index contributed by atoms with van der Waals surface area (Å²) in [6.45, 7) is 8.24. The van der Waals surface area contributed by atoms with E-state index < -0.39 is 5.97 Å². The van der Waals surface area contributed by atoms with Crippen LogP contribution in [0.1, 0.15) is 104 Å². The van der Waals surface area contributed by atoms with Crippen LogP contribution in [0.2, 0.25) is 0 Å². The number of hydrogen-bond acceptors (Lipinski definition) is 5. The highest BCUT2D eigenvalue weighted by molar-refractivity contribution is 5.75. The van der Waals surface area contributed by atoms with Gasteiger partial charge in [-0.2, -0.15) is 0 Å². The van der Waals surface area contributed by atoms with Gasteiger partial charge < -0.3 is 26.8 Å². The van der Waals surface area contributed by atoms with E-state index in [1.54, 1.807) is 0 Å². The predicted octanol–water partition coefficient (Wildman–Crippen LogP) is 4.37. The summed E-state index contributed by atoms with van der Waals surface area (Å²) < 4.78 is 0. The molecule has 6 N–H and O–H groups in total. The van der Waals surface area contributed by atoms with Crippen molar-refractivity contribution < 1.29 is 14.7 Å². The molecule has 0 rings (SSSR count). The van der Waals surface area contributed by atoms with Crippen LogP contribution in [-0.4, -0.2) is 56.3 Å². The van der Waals surface area contributed by atoms with Gasteiger partial charge in [-0.15, -0.1) is 0 Å². The molecule has 196 valence electrons. The fraction of sp³-hybridized carbons (Fsp3) is 0.846. The van der Waals surface area contributed by atoms with Crippen molar-refractivity contribution in [3.63, 3.8) is 0 Å². The number of carboxylic acids is 1. The lowest BCUT2D eigenvalue weighted by Gasteiger charge is -2.07. The van der Waals surface area contributed by atoms with E-state index in [1.165, 1.54) is 77.0 Å². The van der Waals surface area contributed by atoms with Gasteiger partial charge in [0.25, 0.3) is 5.97 Å². The highest BCUT2D eigenvalue weighted by Crippen LogP contribution is 2.09. The van der Waals surface area contributed by atoms with Crippen molar-refractivity contribution in [1.29, 1.82) is 0 Å². The van der Waals surface area contributed by atoms with Crippen molar-refractivity contribution >= 4 is 11.9 Å². The van der Waals surface area contributed by atoms with Crippen LogP contribution in [0.3, 0.4) is 0 Å². The summed E-state index contributed by atoms with van der Waals surface area (Å²) in [6, 6.07) is 0. The molecule has 0 saturated heterocycles. The van der Waals surface area contributed by atoms with Gasteiger partial charge in [0.15, 0.2) is 0 Å². The second kappa shape index (κ2) is 30.6. The Morgan fingerprint density at radius 3 is 1.73 bits per heavy atom. The average molecular weight is 471 g/mol. The van der Waals surface area contributed by atoms with Gasteiger partial charge in [0.1, 0.15) is 0 Å². The molecular weight excluding hydrogens is 416 g/mol. The SMILES string of the molecule is CC(=O)O.CCCCCCCC/C=C/CCCCCCCC(=O)NCCNCCNCCN. The van der Waals surface area contributed by atoms with E-state index in [2.05, 4.69) is 35.0 Å². The number of allylic oxidation sites excluding steroid dienone is 2. The number of carbonyl (C=O) groups excluding carboxylic acids is 1. The minimum absolute atomic E-state index is 0.186. The summed E-state index contributed by atoms with van der Waals surface area (Å²) in [5.74, 6) is -0.648. The second-order valence-corrected chi connectivity index (χ2v) is 8.49. The van der Waals surface area contributed by atoms with Crippen molar-refractivity contribution in [3.8, 4) is 0 Å². The molecule has 1 amide bonds. The molecule has 0 heterocycles. The number of amides is 1. The number of hydrogen-bond donors (Lipinski definition) is 5. The number of aliphatic carboxylic acids is 1. The van der Waals surface area contributed by atoms with Crippen LogP contribution in [0.5, 0.6) is 0 Å². The maximum absolute atomic E-state index is 11.8. The Bertz CT molecular complexity index is 441. The van der Waals surface area contributed by atoms with Gasteiger partial charge in [0, 0.05) is 52.6 Å². The molecule has 0 fully saturated rings. The minimum Gasteiger partial charge on any atom is -0.481 e. The molecule has 0 radical (unpaired) electrons. The van der Waals surface area contributed by atoms with Gasteiger partial charge in [-0.3, -0.25) is 9.59 Å². The van der Waals surface area contributed by atoms with Gasteiger partial charge >= 0.3 is 0 Å². The fourth-order valence-electron chi connectivity index (χ4n) is 3.26. The van der Waals surface area contributed by atoms with Crippen molar-refractivity contribution in [1.82, 2.24) is 16.0 Å². The minimum atomic E-state index is -0.833. The fourth-order valence-corrected chi connectivity index (χ4v) is 3.26. The number of rotatable bonds is 23. The van der Waals surface area contributed by atoms with Crippen LogP contribution in [0.15, 0.2) is 12.2 Å². The van der Waals surface area contributed by atoms with E-state index in [0.717, 1.165) is 39.5 Å². The van der Waals surface area contributed by atoms with Crippen molar-refractivity contribution in [2.45, 2.75) is 104 Å². The van der Waals surface area contributed by atoms with E-state index in [9.17, 15) is 4.79 Å². The highest BCUT2D eigenvalue weighted by atomic mass is 16.4. The quantitative estimate of drug-likeness (QED) is 0.112. The topological polar surface area (TPSA) is 116 Å². The molecule has 7 heteroatoms. The molecule has 0 aromatic rings. The molecule has 0 aliphatic rings. The van der Waals surface area contributed by atoms with Crippen molar-refractivity contribution in [2.24, 2.45) is 5.73 Å². The van der Waals surface area contributed by atoms with Gasteiger partial charge in [0.05, 0.1) is 0 Å². The lowest BCUT2D eigenvalue weighted by Crippen LogP contribution is -2.35. The maximum Gasteiger partial charge on any atom is 0.300 e. The Kier molecular flexibility index (Phi) is 31.2. The molecule has 0 unspecified atom stereocenters. The zero-order chi connectivity index (χ0) is 24.8. The highest BCUT2D eigenvalue weighted by Gasteiger charge is 2.00. The van der Waals surface area contributed by atoms with E-state index in [4.69, 9.17) is 15.6 Å². The zero-order valence-corrected chi connectivity index (χ0v) is 21.6. The Hall–Kier alpha value is -1.44. The van der Waals surface area contributed by atoms with Crippen molar-refractivity contribution in [2.75, 3.05) is 39.3 Å². The van der Waals surface area contributed by atoms with Gasteiger partial charge in [-0.25, -0.2) is 0 Å². The summed E-state index contributed by atoms with van der Waals surface area (Å²) in [7, 11) is 0. The number of carbonyl (C=O) groups is 2. The molecule has 0 aromatic carbocycles. The van der Waals surface area contributed by atoms with Crippen LogP contribution in [0.4, 0.5) is 0 Å². The Balaban J connectivity index is 0. The van der Waals surface area contributed by atoms with Gasteiger partial charge in [0.2, 0.25) is 5.91 Å². The maximum atomic E-state index is 11.8. The van der Waals surface area contributed by atoms with Crippen LogP contribution >= 0.6 is 0 Å². The van der Waals surface area contributed by atoms with E-state index >= 15 is 0 Å². The Morgan fingerprint density at radius 2 is 1.18 bits per heavy atom. The zero-order valence-electron chi connectivity index (χ0n) is 21.6. The van der Waals surface area contributed by atoms with E-state index in [-0.39, 0.29) is 5.91 Å². The van der Waals surface area contributed by atoms with Gasteiger partial charge in [-0.05, 0) is 32.1 Å². The first kappa shape index (κ1) is 33.7. The number of nitrogens with two attached hydrogens (primary N) is 1. The third-order valence-electron chi connectivity index (χ3n) is 5.09. The molecular formula is C26H54N4O3. The molecule has 33 heavy (non-hydrogen) atoms. The molecule has 0 aliphatic carbocycles. The number of carboxylic acid groups (broad SMARTS) is 1. The lowest BCUT2D eigenvalue weighted by atomic mass is 10.1. The molecule has 0 aromatic heterocycles. The lowest BCUT2D eigenvalue weighted by molar-refractivity contribution is -0.134. The summed E-state index contributed by atoms with van der Waals surface area (Å²) in [6.07, 6.45) is 22.1. The summed E-state index contributed by atoms with van der Waals surface area (Å²) >= 11 is 0. The van der Waals surface area contributed by atoms with Crippen molar-refractivity contribution in [3.05, 3.63) is 12.2 Å². The summed E-state index contributed by atoms with van der Waals surface area (Å²) in [5.41, 5.74) is 5.41. The summed E-state index contributed by atoms with van der Waals surface area (Å²) in [5, 5.41) is 16.9. The second-order valence-electron chi connectivity index (χ2n) is 8.49. The van der Waals surface area contributed by atoms with E-state index in [0.29, 0.717) is 19.5 Å². The standard InChI is InChI=1S/C24H50N4O.C2H4O2/c1-2-3-4-5-6-7-8-9-10-11-12-13-14-15-16-17-24(29)28-23-22-27-21-20-26-19-18-25;1-2(3)4/h9-10,26-27H,2-8,11-23,25H2,1H3,(H,28,29);1H3,(H,3,4)/b10-9+;. The summed E-state index contributed by atoms with van der Waals surface area (Å²) in [4.78, 5) is 20.8. The largest absolute Gasteiger partial charge is 0.481 e. The average Bonchev–Trinajstić information content (AvgIpc) is 2.78. The molecule has 0 atom stereocenters. The smallest absolute Gasteiger partial charge is 0.300 e. The van der Waals surface area contributed by atoms with Gasteiger partial charge in [-0.1, -0.05) is 70.4 Å². The Labute approximate surface area is 203 Å². The van der Waals surface area contributed by atoms with Crippen LogP contribution in [0.25, 0.3) is 0 Å². The first-order valence-corrected chi connectivity index (χ1v) is 13.3. The van der Waals surface area contributed by atoms with Crippen LogP contribution in [0, 0.1) is 0 Å². The molecule has 0 spiro atoms.